The number of rotatable bonds is 6. The Hall–Kier alpha value is -1.58. The minimum atomic E-state index is -0.0180. The summed E-state index contributed by atoms with van der Waals surface area (Å²) >= 11 is 0. The number of hydrogen-bond donors (Lipinski definition) is 0. The third-order valence-electron chi connectivity index (χ3n) is 6.34. The first-order chi connectivity index (χ1) is 13.2. The predicted molar refractivity (Wildman–Crippen MR) is 105 cm³/mol. The highest BCUT2D eigenvalue weighted by atomic mass is 16.5. The summed E-state index contributed by atoms with van der Waals surface area (Å²) in [4.78, 5) is 24.4. The molecule has 0 N–H and O–H groups in total. The Bertz CT molecular complexity index is 503. The van der Waals surface area contributed by atoms with E-state index in [0.717, 1.165) is 70.6 Å². The smallest absolute Gasteiger partial charge is 0.309 e. The molecule has 1 saturated carbocycles. The van der Waals surface area contributed by atoms with E-state index >= 15 is 0 Å². The molecule has 0 spiro atoms. The van der Waals surface area contributed by atoms with Crippen LogP contribution in [0.5, 0.6) is 0 Å². The second kappa shape index (κ2) is 10.7. The Morgan fingerprint density at radius 1 is 0.667 bits per heavy atom. The van der Waals surface area contributed by atoms with Crippen molar-refractivity contribution in [3.05, 3.63) is 24.3 Å². The topological polar surface area (TPSA) is 52.6 Å². The monoisotopic (exact) mass is 374 g/mol. The molecule has 0 aromatic heterocycles. The van der Waals surface area contributed by atoms with Gasteiger partial charge < -0.3 is 9.47 Å². The summed E-state index contributed by atoms with van der Waals surface area (Å²) in [5.41, 5.74) is 0. The molecule has 3 aliphatic carbocycles. The van der Waals surface area contributed by atoms with Crippen LogP contribution in [0, 0.1) is 23.7 Å². The third kappa shape index (κ3) is 6.51. The Morgan fingerprint density at radius 3 is 1.56 bits per heavy atom. The molecular weight excluding hydrogens is 340 g/mol. The van der Waals surface area contributed by atoms with Crippen molar-refractivity contribution in [2.24, 2.45) is 23.7 Å². The van der Waals surface area contributed by atoms with Gasteiger partial charge in [0.05, 0.1) is 25.0 Å². The van der Waals surface area contributed by atoms with Gasteiger partial charge in [0.25, 0.3) is 0 Å². The van der Waals surface area contributed by atoms with Crippen LogP contribution < -0.4 is 0 Å². The first kappa shape index (κ1) is 20.2. The van der Waals surface area contributed by atoms with E-state index in [1.807, 2.05) is 0 Å². The second-order valence-electron chi connectivity index (χ2n) is 8.46. The van der Waals surface area contributed by atoms with E-state index in [4.69, 9.17) is 9.47 Å². The Kier molecular flexibility index (Phi) is 7.97. The van der Waals surface area contributed by atoms with Crippen LogP contribution in [0.15, 0.2) is 24.3 Å². The maximum absolute atomic E-state index is 12.2. The minimum absolute atomic E-state index is 0.0180. The van der Waals surface area contributed by atoms with Crippen molar-refractivity contribution in [3.63, 3.8) is 0 Å². The summed E-state index contributed by atoms with van der Waals surface area (Å²) in [5.74, 6) is 0.992. The maximum atomic E-state index is 12.2. The van der Waals surface area contributed by atoms with Gasteiger partial charge in [0.2, 0.25) is 0 Å². The van der Waals surface area contributed by atoms with Crippen LogP contribution in [-0.4, -0.2) is 25.2 Å². The van der Waals surface area contributed by atoms with Crippen molar-refractivity contribution >= 4 is 11.9 Å². The molecule has 3 aliphatic rings. The Labute approximate surface area is 163 Å². The van der Waals surface area contributed by atoms with Gasteiger partial charge in [-0.25, -0.2) is 0 Å². The van der Waals surface area contributed by atoms with E-state index < -0.39 is 0 Å². The van der Waals surface area contributed by atoms with Crippen LogP contribution in [0.3, 0.4) is 0 Å². The van der Waals surface area contributed by atoms with Gasteiger partial charge in [-0.3, -0.25) is 9.59 Å². The first-order valence-electron chi connectivity index (χ1n) is 10.9. The summed E-state index contributed by atoms with van der Waals surface area (Å²) in [6.45, 7) is 1.11. The van der Waals surface area contributed by atoms with Crippen molar-refractivity contribution in [3.8, 4) is 0 Å². The molecule has 0 bridgehead atoms. The highest BCUT2D eigenvalue weighted by Crippen LogP contribution is 2.29. The number of carbonyl (C=O) groups excluding carboxylic acids is 2. The molecule has 3 rings (SSSR count). The van der Waals surface area contributed by atoms with Gasteiger partial charge in [-0.1, -0.05) is 30.7 Å². The molecule has 0 heterocycles. The zero-order valence-corrected chi connectivity index (χ0v) is 16.4. The lowest BCUT2D eigenvalue weighted by molar-refractivity contribution is -0.151. The van der Waals surface area contributed by atoms with Gasteiger partial charge in [-0.15, -0.1) is 0 Å². The molecular formula is C23H34O4. The van der Waals surface area contributed by atoms with Crippen LogP contribution in [0.25, 0.3) is 0 Å². The summed E-state index contributed by atoms with van der Waals surface area (Å²) in [5, 5.41) is 0. The van der Waals surface area contributed by atoms with Gasteiger partial charge in [0, 0.05) is 0 Å². The molecule has 1 fully saturated rings. The molecule has 27 heavy (non-hydrogen) atoms. The van der Waals surface area contributed by atoms with Crippen LogP contribution in [0.1, 0.15) is 70.6 Å². The van der Waals surface area contributed by atoms with Crippen molar-refractivity contribution in [2.45, 2.75) is 70.6 Å². The highest BCUT2D eigenvalue weighted by Gasteiger charge is 2.25. The van der Waals surface area contributed by atoms with Crippen molar-refractivity contribution < 1.29 is 19.1 Å². The van der Waals surface area contributed by atoms with E-state index in [1.165, 1.54) is 0 Å². The zero-order valence-electron chi connectivity index (χ0n) is 16.4. The van der Waals surface area contributed by atoms with E-state index in [2.05, 4.69) is 24.3 Å². The molecule has 4 heteroatoms. The largest absolute Gasteiger partial charge is 0.465 e. The van der Waals surface area contributed by atoms with Crippen molar-refractivity contribution in [2.75, 3.05) is 13.2 Å². The predicted octanol–water partition coefficient (Wildman–Crippen LogP) is 4.98. The van der Waals surface area contributed by atoms with Gasteiger partial charge in [-0.05, 0) is 76.0 Å². The number of esters is 2. The molecule has 0 aromatic carbocycles. The fourth-order valence-electron chi connectivity index (χ4n) is 4.44. The van der Waals surface area contributed by atoms with Gasteiger partial charge in [0.15, 0.2) is 0 Å². The van der Waals surface area contributed by atoms with Crippen LogP contribution in [0.2, 0.25) is 0 Å². The lowest BCUT2D eigenvalue weighted by atomic mass is 9.94. The van der Waals surface area contributed by atoms with Crippen molar-refractivity contribution in [1.82, 2.24) is 0 Å². The lowest BCUT2D eigenvalue weighted by Gasteiger charge is -2.20. The molecule has 0 saturated heterocycles. The van der Waals surface area contributed by atoms with Gasteiger partial charge in [-0.2, -0.15) is 0 Å². The number of carbonyl (C=O) groups is 2. The standard InChI is InChI=1S/C23H34O4/c24-22(20-10-3-1-4-11-20)26-16-18-8-7-9-19(15-14-18)17-27-23(25)21-12-5-2-6-13-21/h1-3,5,18-21H,4,6-17H2. The molecule has 0 radical (unpaired) electrons. The van der Waals surface area contributed by atoms with Crippen LogP contribution >= 0.6 is 0 Å². The van der Waals surface area contributed by atoms with E-state index in [-0.39, 0.29) is 23.8 Å². The number of allylic oxidation sites excluding steroid dienone is 4. The number of hydrogen-bond acceptors (Lipinski definition) is 4. The SMILES string of the molecule is O=C(OCC1CCCC(COC(=O)C2CC=CCC2)CC1)C1CC=CCC1. The van der Waals surface area contributed by atoms with Crippen molar-refractivity contribution in [1.29, 1.82) is 0 Å². The molecule has 4 atom stereocenters. The normalized spacial score (nSPS) is 31.1. The zero-order chi connectivity index (χ0) is 18.9. The van der Waals surface area contributed by atoms with Gasteiger partial charge >= 0.3 is 11.9 Å². The summed E-state index contributed by atoms with van der Waals surface area (Å²) in [6, 6.07) is 0. The Balaban J connectivity index is 1.33. The third-order valence-corrected chi connectivity index (χ3v) is 6.34. The highest BCUT2D eigenvalue weighted by molar-refractivity contribution is 5.73. The first-order valence-corrected chi connectivity index (χ1v) is 10.9. The Morgan fingerprint density at radius 2 is 1.15 bits per heavy atom. The van der Waals surface area contributed by atoms with Crippen LogP contribution in [-0.2, 0) is 19.1 Å². The maximum Gasteiger partial charge on any atom is 0.309 e. The second-order valence-corrected chi connectivity index (χ2v) is 8.46. The minimum Gasteiger partial charge on any atom is -0.465 e. The average molecular weight is 375 g/mol. The fraction of sp³-hybridized carbons (Fsp3) is 0.739. The van der Waals surface area contributed by atoms with Crippen LogP contribution in [0.4, 0.5) is 0 Å². The summed E-state index contributed by atoms with van der Waals surface area (Å²) < 4.78 is 11.2. The molecule has 0 amide bonds. The van der Waals surface area contributed by atoms with Gasteiger partial charge in [0.1, 0.15) is 0 Å². The fourth-order valence-corrected chi connectivity index (χ4v) is 4.44. The van der Waals surface area contributed by atoms with E-state index in [9.17, 15) is 9.59 Å². The summed E-state index contributed by atoms with van der Waals surface area (Å²) in [6.07, 6.45) is 19.4. The molecule has 0 aromatic rings. The van der Waals surface area contributed by atoms with E-state index in [1.54, 1.807) is 0 Å². The molecule has 0 aliphatic heterocycles. The number of ether oxygens (including phenoxy) is 2. The quantitative estimate of drug-likeness (QED) is 0.374. The molecule has 4 unspecified atom stereocenters. The van der Waals surface area contributed by atoms with E-state index in [0.29, 0.717) is 25.0 Å². The lowest BCUT2D eigenvalue weighted by Crippen LogP contribution is -2.22. The molecule has 150 valence electrons. The average Bonchev–Trinajstić information content (AvgIpc) is 2.96. The molecule has 4 nitrogen and oxygen atoms in total. The summed E-state index contributed by atoms with van der Waals surface area (Å²) in [7, 11) is 0.